The Morgan fingerprint density at radius 1 is 1.47 bits per heavy atom. The summed E-state index contributed by atoms with van der Waals surface area (Å²) in [5.41, 5.74) is 0. The van der Waals surface area contributed by atoms with Gasteiger partial charge in [-0.1, -0.05) is 0 Å². The highest BCUT2D eigenvalue weighted by Crippen LogP contribution is 2.16. The van der Waals surface area contributed by atoms with Crippen LogP contribution in [0.5, 0.6) is 0 Å². The summed E-state index contributed by atoms with van der Waals surface area (Å²) in [6, 6.07) is 0. The van der Waals surface area contributed by atoms with Gasteiger partial charge in [-0.05, 0) is 25.7 Å². The Bertz CT molecular complexity index is 296. The molecule has 1 heterocycles. The third-order valence-corrected chi connectivity index (χ3v) is 3.25. The summed E-state index contributed by atoms with van der Waals surface area (Å²) in [5.74, 6) is -0.360. The number of likely N-dealkylation sites (tertiary alicyclic amines) is 1. The molecular formula is C13H24N2O4. The molecule has 1 unspecified atom stereocenters. The van der Waals surface area contributed by atoms with E-state index in [-0.39, 0.29) is 12.5 Å². The number of nitrogens with one attached hydrogen (secondary N) is 1. The fourth-order valence-electron chi connectivity index (χ4n) is 2.30. The molecule has 0 aliphatic carbocycles. The van der Waals surface area contributed by atoms with Gasteiger partial charge in [0.05, 0.1) is 19.6 Å². The van der Waals surface area contributed by atoms with Crippen LogP contribution in [0, 0.1) is 5.92 Å². The van der Waals surface area contributed by atoms with Gasteiger partial charge in [-0.2, -0.15) is 0 Å². The second-order valence-electron chi connectivity index (χ2n) is 4.82. The molecule has 0 bridgehead atoms. The predicted molar refractivity (Wildman–Crippen MR) is 70.9 cm³/mol. The van der Waals surface area contributed by atoms with E-state index in [1.165, 1.54) is 0 Å². The molecule has 1 amide bonds. The number of amides is 1. The molecule has 2 N–H and O–H groups in total. The quantitative estimate of drug-likeness (QED) is 0.622. The molecular weight excluding hydrogens is 248 g/mol. The Kier molecular flexibility index (Phi) is 7.43. The second kappa shape index (κ2) is 8.87. The summed E-state index contributed by atoms with van der Waals surface area (Å²) in [7, 11) is 0. The second-order valence-corrected chi connectivity index (χ2v) is 4.82. The number of ether oxygens (including phenoxy) is 1. The zero-order chi connectivity index (χ0) is 14.1. The minimum atomic E-state index is -0.847. The molecule has 1 saturated heterocycles. The van der Waals surface area contributed by atoms with Crippen molar-refractivity contribution in [3.63, 3.8) is 0 Å². The SMILES string of the molecule is CCOCCC(=O)N1CCCC(CNCC(=O)O)C1. The maximum atomic E-state index is 11.9. The first kappa shape index (κ1) is 15.9. The van der Waals surface area contributed by atoms with Crippen molar-refractivity contribution in [3.8, 4) is 0 Å². The van der Waals surface area contributed by atoms with Crippen molar-refractivity contribution in [2.75, 3.05) is 39.4 Å². The molecule has 1 rings (SSSR count). The van der Waals surface area contributed by atoms with Gasteiger partial charge in [0.15, 0.2) is 0 Å². The van der Waals surface area contributed by atoms with Crippen LogP contribution in [0.1, 0.15) is 26.2 Å². The van der Waals surface area contributed by atoms with Gasteiger partial charge in [0, 0.05) is 26.2 Å². The molecule has 6 nitrogen and oxygen atoms in total. The third-order valence-electron chi connectivity index (χ3n) is 3.25. The lowest BCUT2D eigenvalue weighted by atomic mass is 9.97. The zero-order valence-electron chi connectivity index (χ0n) is 11.6. The van der Waals surface area contributed by atoms with E-state index >= 15 is 0 Å². The van der Waals surface area contributed by atoms with Crippen LogP contribution < -0.4 is 5.32 Å². The van der Waals surface area contributed by atoms with E-state index in [9.17, 15) is 9.59 Å². The highest BCUT2D eigenvalue weighted by atomic mass is 16.5. The van der Waals surface area contributed by atoms with Crippen LogP contribution in [-0.2, 0) is 14.3 Å². The van der Waals surface area contributed by atoms with Gasteiger partial charge in [-0.25, -0.2) is 0 Å². The average molecular weight is 272 g/mol. The lowest BCUT2D eigenvalue weighted by Crippen LogP contribution is -2.43. The Labute approximate surface area is 114 Å². The van der Waals surface area contributed by atoms with Gasteiger partial charge in [0.25, 0.3) is 0 Å². The molecule has 0 aromatic carbocycles. The minimum Gasteiger partial charge on any atom is -0.480 e. The molecule has 110 valence electrons. The van der Waals surface area contributed by atoms with Gasteiger partial charge in [0.2, 0.25) is 5.91 Å². The van der Waals surface area contributed by atoms with Crippen LogP contribution in [0.25, 0.3) is 0 Å². The highest BCUT2D eigenvalue weighted by molar-refractivity contribution is 5.76. The van der Waals surface area contributed by atoms with Crippen molar-refractivity contribution in [1.29, 1.82) is 0 Å². The van der Waals surface area contributed by atoms with Gasteiger partial charge < -0.3 is 20.1 Å². The number of aliphatic carboxylic acids is 1. The van der Waals surface area contributed by atoms with Crippen LogP contribution in [0.4, 0.5) is 0 Å². The topological polar surface area (TPSA) is 78.9 Å². The van der Waals surface area contributed by atoms with Crippen LogP contribution in [-0.4, -0.2) is 61.3 Å². The number of carbonyl (C=O) groups excluding carboxylic acids is 1. The number of hydrogen-bond acceptors (Lipinski definition) is 4. The highest BCUT2D eigenvalue weighted by Gasteiger charge is 2.23. The summed E-state index contributed by atoms with van der Waals surface area (Å²) in [6.45, 7) is 5.19. The van der Waals surface area contributed by atoms with Gasteiger partial charge in [0.1, 0.15) is 0 Å². The lowest BCUT2D eigenvalue weighted by molar-refractivity contribution is -0.136. The monoisotopic (exact) mass is 272 g/mol. The van der Waals surface area contributed by atoms with Crippen LogP contribution in [0.3, 0.4) is 0 Å². The Balaban J connectivity index is 2.24. The van der Waals surface area contributed by atoms with E-state index in [1.54, 1.807) is 0 Å². The first-order valence-corrected chi connectivity index (χ1v) is 6.91. The van der Waals surface area contributed by atoms with Crippen LogP contribution in [0.15, 0.2) is 0 Å². The predicted octanol–water partition coefficient (Wildman–Crippen LogP) is 0.326. The summed E-state index contributed by atoms with van der Waals surface area (Å²) < 4.78 is 5.19. The first-order valence-electron chi connectivity index (χ1n) is 6.91. The summed E-state index contributed by atoms with van der Waals surface area (Å²) in [4.78, 5) is 24.2. The van der Waals surface area contributed by atoms with Crippen molar-refractivity contribution in [3.05, 3.63) is 0 Å². The molecule has 0 saturated carbocycles. The lowest BCUT2D eigenvalue weighted by Gasteiger charge is -2.33. The van der Waals surface area contributed by atoms with E-state index in [1.807, 2.05) is 11.8 Å². The molecule has 1 aliphatic rings. The van der Waals surface area contributed by atoms with E-state index in [0.717, 1.165) is 25.9 Å². The fraction of sp³-hybridized carbons (Fsp3) is 0.846. The molecule has 1 atom stereocenters. The number of carboxylic acids is 1. The number of carboxylic acid groups (broad SMARTS) is 1. The normalized spacial score (nSPS) is 19.4. The summed E-state index contributed by atoms with van der Waals surface area (Å²) in [6.07, 6.45) is 2.46. The van der Waals surface area contributed by atoms with Crippen LogP contribution >= 0.6 is 0 Å². The largest absolute Gasteiger partial charge is 0.480 e. The summed E-state index contributed by atoms with van der Waals surface area (Å²) in [5, 5.41) is 11.5. The van der Waals surface area contributed by atoms with E-state index in [0.29, 0.717) is 32.1 Å². The Hall–Kier alpha value is -1.14. The average Bonchev–Trinajstić information content (AvgIpc) is 2.39. The molecule has 6 heteroatoms. The Morgan fingerprint density at radius 3 is 2.95 bits per heavy atom. The van der Waals surface area contributed by atoms with Crippen molar-refractivity contribution < 1.29 is 19.4 Å². The van der Waals surface area contributed by atoms with Gasteiger partial charge in [-0.3, -0.25) is 9.59 Å². The molecule has 1 aliphatic heterocycles. The maximum absolute atomic E-state index is 11.9. The molecule has 0 aromatic heterocycles. The number of rotatable bonds is 8. The maximum Gasteiger partial charge on any atom is 0.317 e. The van der Waals surface area contributed by atoms with Gasteiger partial charge in [-0.15, -0.1) is 0 Å². The Morgan fingerprint density at radius 2 is 2.26 bits per heavy atom. The van der Waals surface area contributed by atoms with E-state index in [2.05, 4.69) is 5.32 Å². The van der Waals surface area contributed by atoms with Crippen molar-refractivity contribution in [1.82, 2.24) is 10.2 Å². The molecule has 0 spiro atoms. The van der Waals surface area contributed by atoms with Crippen molar-refractivity contribution in [2.45, 2.75) is 26.2 Å². The van der Waals surface area contributed by atoms with Crippen molar-refractivity contribution in [2.24, 2.45) is 5.92 Å². The zero-order valence-corrected chi connectivity index (χ0v) is 11.6. The standard InChI is InChI=1S/C13H24N2O4/c1-2-19-7-5-12(16)15-6-3-4-11(10-15)8-14-9-13(17)18/h11,14H,2-10H2,1H3,(H,17,18). The van der Waals surface area contributed by atoms with Crippen LogP contribution in [0.2, 0.25) is 0 Å². The number of carbonyl (C=O) groups is 2. The molecule has 1 fully saturated rings. The van der Waals surface area contributed by atoms with Gasteiger partial charge >= 0.3 is 5.97 Å². The number of nitrogens with zero attached hydrogens (tertiary/aromatic N) is 1. The smallest absolute Gasteiger partial charge is 0.317 e. The fourth-order valence-corrected chi connectivity index (χ4v) is 2.30. The first-order chi connectivity index (χ1) is 9.13. The number of hydrogen-bond donors (Lipinski definition) is 2. The van der Waals surface area contributed by atoms with Crippen molar-refractivity contribution >= 4 is 11.9 Å². The number of piperidine rings is 1. The molecule has 0 aromatic rings. The van der Waals surface area contributed by atoms with E-state index < -0.39 is 5.97 Å². The molecule has 0 radical (unpaired) electrons. The minimum absolute atomic E-state index is 0.0191. The van der Waals surface area contributed by atoms with E-state index in [4.69, 9.17) is 9.84 Å². The molecule has 19 heavy (non-hydrogen) atoms. The third kappa shape index (κ3) is 6.54. The summed E-state index contributed by atoms with van der Waals surface area (Å²) >= 11 is 0.